The second-order valence-corrected chi connectivity index (χ2v) is 3.09. The van der Waals surface area contributed by atoms with Crippen LogP contribution >= 0.6 is 0 Å². The molecular formula is C11H10FNO3. The maximum absolute atomic E-state index is 13.0. The zero-order valence-electron chi connectivity index (χ0n) is 8.44. The number of carbonyl (C=O) groups is 1. The van der Waals surface area contributed by atoms with Gasteiger partial charge in [-0.15, -0.1) is 0 Å². The van der Waals surface area contributed by atoms with Crippen molar-refractivity contribution in [3.05, 3.63) is 29.6 Å². The van der Waals surface area contributed by atoms with E-state index >= 15 is 0 Å². The smallest absolute Gasteiger partial charge is 0.335 e. The molecule has 0 saturated carbocycles. The van der Waals surface area contributed by atoms with Gasteiger partial charge in [-0.05, 0) is 18.6 Å². The number of aromatic carboxylic acids is 1. The van der Waals surface area contributed by atoms with E-state index in [1.165, 1.54) is 6.07 Å². The molecule has 0 radical (unpaired) electrons. The number of ether oxygens (including phenoxy) is 1. The molecule has 0 aliphatic heterocycles. The molecule has 0 fully saturated rings. The predicted molar refractivity (Wildman–Crippen MR) is 53.7 cm³/mol. The van der Waals surface area contributed by atoms with Crippen LogP contribution in [0.5, 0.6) is 5.75 Å². The lowest BCUT2D eigenvalue weighted by Crippen LogP contribution is -2.01. The summed E-state index contributed by atoms with van der Waals surface area (Å²) in [5.41, 5.74) is -0.157. The molecule has 0 spiro atoms. The summed E-state index contributed by atoms with van der Waals surface area (Å²) in [6.07, 6.45) is 0.872. The van der Waals surface area contributed by atoms with E-state index in [2.05, 4.69) is 0 Å². The van der Waals surface area contributed by atoms with Crippen molar-refractivity contribution in [3.63, 3.8) is 0 Å². The Morgan fingerprint density at radius 1 is 1.50 bits per heavy atom. The molecule has 5 heteroatoms. The van der Waals surface area contributed by atoms with E-state index in [-0.39, 0.29) is 17.9 Å². The molecule has 1 aromatic rings. The number of halogens is 1. The second-order valence-electron chi connectivity index (χ2n) is 3.09. The van der Waals surface area contributed by atoms with E-state index in [0.717, 1.165) is 12.1 Å². The Kier molecular flexibility index (Phi) is 4.28. The fraction of sp³-hybridized carbons (Fsp3) is 0.273. The number of hydrogen-bond donors (Lipinski definition) is 1. The number of rotatable bonds is 5. The Morgan fingerprint density at radius 2 is 2.25 bits per heavy atom. The fourth-order valence-electron chi connectivity index (χ4n) is 1.11. The number of nitriles is 1. The summed E-state index contributed by atoms with van der Waals surface area (Å²) in [5, 5.41) is 17.0. The lowest BCUT2D eigenvalue weighted by Gasteiger charge is -2.05. The van der Waals surface area contributed by atoms with Gasteiger partial charge in [-0.2, -0.15) is 5.26 Å². The van der Waals surface area contributed by atoms with Crippen LogP contribution in [-0.4, -0.2) is 17.7 Å². The lowest BCUT2D eigenvalue weighted by atomic mass is 10.2. The highest BCUT2D eigenvalue weighted by Gasteiger charge is 2.07. The van der Waals surface area contributed by atoms with E-state index in [0.29, 0.717) is 12.8 Å². The number of carboxylic acids is 1. The van der Waals surface area contributed by atoms with E-state index < -0.39 is 11.8 Å². The Morgan fingerprint density at radius 3 is 2.88 bits per heavy atom. The summed E-state index contributed by atoms with van der Waals surface area (Å²) >= 11 is 0. The van der Waals surface area contributed by atoms with Crippen LogP contribution in [-0.2, 0) is 0 Å². The van der Waals surface area contributed by atoms with Crippen LogP contribution in [0.3, 0.4) is 0 Å². The van der Waals surface area contributed by atoms with Gasteiger partial charge >= 0.3 is 5.97 Å². The normalized spacial score (nSPS) is 9.50. The maximum atomic E-state index is 13.0. The summed E-state index contributed by atoms with van der Waals surface area (Å²) < 4.78 is 18.1. The van der Waals surface area contributed by atoms with Crippen molar-refractivity contribution in [2.45, 2.75) is 12.8 Å². The number of unbranched alkanes of at least 4 members (excludes halogenated alkanes) is 1. The van der Waals surface area contributed by atoms with Crippen molar-refractivity contribution in [2.24, 2.45) is 0 Å². The SMILES string of the molecule is N#CCCCOc1cc(F)cc(C(=O)O)c1. The first-order valence-corrected chi connectivity index (χ1v) is 4.67. The molecule has 84 valence electrons. The Labute approximate surface area is 91.9 Å². The third-order valence-corrected chi connectivity index (χ3v) is 1.82. The van der Waals surface area contributed by atoms with Crippen LogP contribution in [0.1, 0.15) is 23.2 Å². The summed E-state index contributed by atoms with van der Waals surface area (Å²) in [6, 6.07) is 5.23. The van der Waals surface area contributed by atoms with Gasteiger partial charge in [0.05, 0.1) is 18.2 Å². The highest BCUT2D eigenvalue weighted by Crippen LogP contribution is 2.16. The first kappa shape index (κ1) is 12.0. The third kappa shape index (κ3) is 3.58. The Balaban J connectivity index is 2.66. The molecule has 0 amide bonds. The van der Waals surface area contributed by atoms with Gasteiger partial charge in [-0.1, -0.05) is 0 Å². The van der Waals surface area contributed by atoms with Gasteiger partial charge in [0.15, 0.2) is 0 Å². The number of benzene rings is 1. The minimum absolute atomic E-state index is 0.157. The molecule has 1 rings (SSSR count). The molecule has 0 unspecified atom stereocenters. The molecular weight excluding hydrogens is 213 g/mol. The average Bonchev–Trinajstić information content (AvgIpc) is 2.23. The first-order chi connectivity index (χ1) is 7.63. The monoisotopic (exact) mass is 223 g/mol. The van der Waals surface area contributed by atoms with E-state index in [4.69, 9.17) is 15.1 Å². The van der Waals surface area contributed by atoms with Gasteiger partial charge in [-0.25, -0.2) is 9.18 Å². The minimum Gasteiger partial charge on any atom is -0.493 e. The average molecular weight is 223 g/mol. The van der Waals surface area contributed by atoms with E-state index in [1.807, 2.05) is 6.07 Å². The third-order valence-electron chi connectivity index (χ3n) is 1.82. The molecule has 1 aromatic carbocycles. The fourth-order valence-corrected chi connectivity index (χ4v) is 1.11. The number of carboxylic acid groups (broad SMARTS) is 1. The number of hydrogen-bond acceptors (Lipinski definition) is 3. The van der Waals surface area contributed by atoms with Crippen molar-refractivity contribution in [2.75, 3.05) is 6.61 Å². The van der Waals surface area contributed by atoms with Gasteiger partial charge < -0.3 is 9.84 Å². The van der Waals surface area contributed by atoms with Crippen LogP contribution in [0.25, 0.3) is 0 Å². The summed E-state index contributed by atoms with van der Waals surface area (Å²) in [5.74, 6) is -1.70. The second kappa shape index (κ2) is 5.71. The molecule has 0 aliphatic carbocycles. The molecule has 0 saturated heterocycles. The summed E-state index contributed by atoms with van der Waals surface area (Å²) in [7, 11) is 0. The summed E-state index contributed by atoms with van der Waals surface area (Å²) in [4.78, 5) is 10.6. The minimum atomic E-state index is -1.21. The van der Waals surface area contributed by atoms with Crippen LogP contribution < -0.4 is 4.74 Å². The quantitative estimate of drug-likeness (QED) is 0.777. The van der Waals surface area contributed by atoms with Crippen LogP contribution in [0.15, 0.2) is 18.2 Å². The molecule has 1 N–H and O–H groups in total. The van der Waals surface area contributed by atoms with Crippen LogP contribution in [0.4, 0.5) is 4.39 Å². The topological polar surface area (TPSA) is 70.3 Å². The standard InChI is InChI=1S/C11H10FNO3/c12-9-5-8(11(14)15)6-10(7-9)16-4-2-1-3-13/h5-7H,1-2,4H2,(H,14,15). The molecule has 0 aromatic heterocycles. The molecule has 4 nitrogen and oxygen atoms in total. The zero-order valence-corrected chi connectivity index (χ0v) is 8.44. The molecule has 0 atom stereocenters. The van der Waals surface area contributed by atoms with Crippen molar-refractivity contribution >= 4 is 5.97 Å². The highest BCUT2D eigenvalue weighted by atomic mass is 19.1. The van der Waals surface area contributed by atoms with Gasteiger partial charge in [0.1, 0.15) is 11.6 Å². The van der Waals surface area contributed by atoms with Crippen LogP contribution in [0.2, 0.25) is 0 Å². The van der Waals surface area contributed by atoms with Crippen molar-refractivity contribution in [1.29, 1.82) is 5.26 Å². The van der Waals surface area contributed by atoms with Crippen molar-refractivity contribution in [1.82, 2.24) is 0 Å². The Bertz CT molecular complexity index is 426. The first-order valence-electron chi connectivity index (χ1n) is 4.67. The van der Waals surface area contributed by atoms with Crippen LogP contribution in [0, 0.1) is 17.1 Å². The largest absolute Gasteiger partial charge is 0.493 e. The van der Waals surface area contributed by atoms with Gasteiger partial charge in [-0.3, -0.25) is 0 Å². The van der Waals surface area contributed by atoms with E-state index in [1.54, 1.807) is 0 Å². The van der Waals surface area contributed by atoms with Crippen molar-refractivity contribution < 1.29 is 19.0 Å². The Hall–Kier alpha value is -2.09. The van der Waals surface area contributed by atoms with Gasteiger partial charge in [0.25, 0.3) is 0 Å². The molecule has 0 bridgehead atoms. The van der Waals surface area contributed by atoms with Gasteiger partial charge in [0.2, 0.25) is 0 Å². The molecule has 0 heterocycles. The molecule has 0 aliphatic rings. The zero-order chi connectivity index (χ0) is 12.0. The molecule has 16 heavy (non-hydrogen) atoms. The predicted octanol–water partition coefficient (Wildman–Crippen LogP) is 2.21. The number of nitrogens with zero attached hydrogens (tertiary/aromatic N) is 1. The van der Waals surface area contributed by atoms with Crippen molar-refractivity contribution in [3.8, 4) is 11.8 Å². The van der Waals surface area contributed by atoms with Gasteiger partial charge in [0, 0.05) is 12.5 Å². The lowest BCUT2D eigenvalue weighted by molar-refractivity contribution is 0.0695. The maximum Gasteiger partial charge on any atom is 0.335 e. The van der Waals surface area contributed by atoms with E-state index in [9.17, 15) is 9.18 Å². The highest BCUT2D eigenvalue weighted by molar-refractivity contribution is 5.88. The summed E-state index contributed by atoms with van der Waals surface area (Å²) in [6.45, 7) is 0.260.